The summed E-state index contributed by atoms with van der Waals surface area (Å²) in [5.74, 6) is 0.975. The molecule has 5 aromatic rings. The molecule has 0 unspecified atom stereocenters. The highest BCUT2D eigenvalue weighted by molar-refractivity contribution is 7.09. The van der Waals surface area contributed by atoms with Gasteiger partial charge >= 0.3 is 0 Å². The van der Waals surface area contributed by atoms with Crippen LogP contribution in [0.1, 0.15) is 15.4 Å². The molecule has 0 aliphatic rings. The van der Waals surface area contributed by atoms with Crippen molar-refractivity contribution < 1.29 is 9.32 Å². The van der Waals surface area contributed by atoms with Crippen LogP contribution in [0.25, 0.3) is 22.4 Å². The van der Waals surface area contributed by atoms with Crippen LogP contribution in [0.4, 0.5) is 5.82 Å². The van der Waals surface area contributed by atoms with E-state index in [1.165, 1.54) is 11.2 Å². The van der Waals surface area contributed by atoms with Crippen molar-refractivity contribution in [1.82, 2.24) is 30.2 Å². The van der Waals surface area contributed by atoms with Gasteiger partial charge in [0.1, 0.15) is 12.1 Å². The monoisotopic (exact) mass is 445 g/mol. The Morgan fingerprint density at radius 2 is 2.03 bits per heavy atom. The van der Waals surface area contributed by atoms with Crippen LogP contribution in [0.3, 0.4) is 0 Å². The van der Waals surface area contributed by atoms with E-state index >= 15 is 0 Å². The van der Waals surface area contributed by atoms with Gasteiger partial charge in [-0.25, -0.2) is 14.6 Å². The quantitative estimate of drug-likeness (QED) is 0.375. The number of hydrogen-bond acceptors (Lipinski definition) is 8. The average molecular weight is 446 g/mol. The Morgan fingerprint density at radius 1 is 1.12 bits per heavy atom. The smallest absolute Gasteiger partial charge is 0.273 e. The molecule has 10 heteroatoms. The lowest BCUT2D eigenvalue weighted by Gasteiger charge is -2.06. The Morgan fingerprint density at radius 3 is 2.88 bits per heavy atom. The minimum Gasteiger partial charge on any atom is -0.364 e. The molecule has 4 aromatic heterocycles. The SMILES string of the molecule is O=C(NCCn1ncc2c(NCc3cccs3)ncnc21)c1cc(-c2ccccc2)on1. The molecule has 0 spiro atoms. The molecule has 2 N–H and O–H groups in total. The van der Waals surface area contributed by atoms with Crippen molar-refractivity contribution in [2.45, 2.75) is 13.1 Å². The van der Waals surface area contributed by atoms with Crippen LogP contribution >= 0.6 is 11.3 Å². The van der Waals surface area contributed by atoms with Crippen molar-refractivity contribution in [1.29, 1.82) is 0 Å². The zero-order chi connectivity index (χ0) is 21.8. The molecule has 0 saturated heterocycles. The zero-order valence-electron chi connectivity index (χ0n) is 16.9. The fraction of sp³-hybridized carbons (Fsp3) is 0.136. The molecule has 160 valence electrons. The largest absolute Gasteiger partial charge is 0.364 e. The summed E-state index contributed by atoms with van der Waals surface area (Å²) in [6, 6.07) is 15.2. The van der Waals surface area contributed by atoms with Crippen LogP contribution in [0.2, 0.25) is 0 Å². The van der Waals surface area contributed by atoms with Gasteiger partial charge in [-0.15, -0.1) is 11.3 Å². The van der Waals surface area contributed by atoms with E-state index in [2.05, 4.69) is 36.9 Å². The third-order valence-corrected chi connectivity index (χ3v) is 5.73. The summed E-state index contributed by atoms with van der Waals surface area (Å²) in [7, 11) is 0. The van der Waals surface area contributed by atoms with Crippen molar-refractivity contribution in [2.24, 2.45) is 0 Å². The summed E-state index contributed by atoms with van der Waals surface area (Å²) < 4.78 is 7.03. The van der Waals surface area contributed by atoms with Gasteiger partial charge in [-0.1, -0.05) is 41.6 Å². The molecular weight excluding hydrogens is 426 g/mol. The summed E-state index contributed by atoms with van der Waals surface area (Å²) in [5.41, 5.74) is 1.80. The van der Waals surface area contributed by atoms with Gasteiger partial charge in [-0.3, -0.25) is 4.79 Å². The number of carbonyl (C=O) groups is 1. The van der Waals surface area contributed by atoms with E-state index in [0.29, 0.717) is 31.0 Å². The molecule has 0 aliphatic carbocycles. The first-order valence-electron chi connectivity index (χ1n) is 10.0. The molecule has 0 radical (unpaired) electrons. The minimum atomic E-state index is -0.305. The van der Waals surface area contributed by atoms with Gasteiger partial charge in [-0.05, 0) is 11.4 Å². The summed E-state index contributed by atoms with van der Waals surface area (Å²) in [6.07, 6.45) is 3.24. The molecule has 4 heterocycles. The topological polar surface area (TPSA) is 111 Å². The van der Waals surface area contributed by atoms with Gasteiger partial charge in [0.2, 0.25) is 0 Å². The number of nitrogens with zero attached hydrogens (tertiary/aromatic N) is 5. The van der Waals surface area contributed by atoms with Crippen LogP contribution in [0, 0.1) is 0 Å². The Bertz CT molecular complexity index is 1330. The number of amides is 1. The third kappa shape index (κ3) is 4.21. The predicted molar refractivity (Wildman–Crippen MR) is 121 cm³/mol. The van der Waals surface area contributed by atoms with Crippen LogP contribution in [0.15, 0.2) is 71.0 Å². The van der Waals surface area contributed by atoms with Gasteiger partial charge in [-0.2, -0.15) is 5.10 Å². The Hall–Kier alpha value is -4.05. The molecule has 32 heavy (non-hydrogen) atoms. The van der Waals surface area contributed by atoms with E-state index in [-0.39, 0.29) is 11.6 Å². The van der Waals surface area contributed by atoms with Gasteiger partial charge in [0.05, 0.1) is 24.7 Å². The molecule has 5 rings (SSSR count). The lowest BCUT2D eigenvalue weighted by Crippen LogP contribution is -2.27. The van der Waals surface area contributed by atoms with E-state index in [1.807, 2.05) is 41.8 Å². The van der Waals surface area contributed by atoms with E-state index < -0.39 is 0 Å². The number of fused-ring (bicyclic) bond motifs is 1. The first-order valence-corrected chi connectivity index (χ1v) is 10.9. The van der Waals surface area contributed by atoms with E-state index in [0.717, 1.165) is 16.8 Å². The number of thiophene rings is 1. The number of anilines is 1. The highest BCUT2D eigenvalue weighted by Crippen LogP contribution is 2.21. The highest BCUT2D eigenvalue weighted by atomic mass is 32.1. The van der Waals surface area contributed by atoms with Gasteiger partial charge in [0, 0.05) is 23.1 Å². The Kier molecular flexibility index (Phi) is 5.58. The molecule has 0 saturated carbocycles. The average Bonchev–Trinajstić information content (AvgIpc) is 3.59. The fourth-order valence-electron chi connectivity index (χ4n) is 3.27. The lowest BCUT2D eigenvalue weighted by molar-refractivity contribution is 0.0943. The zero-order valence-corrected chi connectivity index (χ0v) is 17.7. The summed E-state index contributed by atoms with van der Waals surface area (Å²) in [5, 5.41) is 17.3. The Labute approximate surface area is 187 Å². The molecule has 1 amide bonds. The summed E-state index contributed by atoms with van der Waals surface area (Å²) in [4.78, 5) is 22.3. The number of nitrogens with one attached hydrogen (secondary N) is 2. The first-order chi connectivity index (χ1) is 15.8. The predicted octanol–water partition coefficient (Wildman–Crippen LogP) is 3.58. The number of aromatic nitrogens is 5. The summed E-state index contributed by atoms with van der Waals surface area (Å²) in [6.45, 7) is 1.51. The molecule has 0 atom stereocenters. The number of carbonyl (C=O) groups excluding carboxylic acids is 1. The van der Waals surface area contributed by atoms with E-state index in [4.69, 9.17) is 4.52 Å². The number of hydrogen-bond donors (Lipinski definition) is 2. The maximum Gasteiger partial charge on any atom is 0.273 e. The van der Waals surface area contributed by atoms with Crippen LogP contribution < -0.4 is 10.6 Å². The number of benzene rings is 1. The van der Waals surface area contributed by atoms with Gasteiger partial charge in [0.15, 0.2) is 17.1 Å². The maximum atomic E-state index is 12.4. The maximum absolute atomic E-state index is 12.4. The van der Waals surface area contributed by atoms with Crippen molar-refractivity contribution in [3.05, 3.63) is 77.0 Å². The van der Waals surface area contributed by atoms with Crippen LogP contribution in [-0.2, 0) is 13.1 Å². The van der Waals surface area contributed by atoms with Crippen molar-refractivity contribution >= 4 is 34.1 Å². The second-order valence-electron chi connectivity index (χ2n) is 6.96. The lowest BCUT2D eigenvalue weighted by atomic mass is 10.1. The molecule has 0 bridgehead atoms. The second-order valence-corrected chi connectivity index (χ2v) is 7.99. The van der Waals surface area contributed by atoms with Crippen molar-refractivity contribution in [2.75, 3.05) is 11.9 Å². The third-order valence-electron chi connectivity index (χ3n) is 4.85. The first kappa shape index (κ1) is 19.9. The van der Waals surface area contributed by atoms with Crippen molar-refractivity contribution in [3.63, 3.8) is 0 Å². The molecule has 9 nitrogen and oxygen atoms in total. The van der Waals surface area contributed by atoms with Crippen molar-refractivity contribution in [3.8, 4) is 11.3 Å². The van der Waals surface area contributed by atoms with E-state index in [1.54, 1.807) is 28.3 Å². The second kappa shape index (κ2) is 8.98. The molecular formula is C22H19N7O2S. The fourth-order valence-corrected chi connectivity index (χ4v) is 3.91. The standard InChI is InChI=1S/C22H19N7O2S/c30-22(18-11-19(31-28-18)15-5-2-1-3-6-15)23-8-9-29-21-17(13-27-29)20(25-14-26-21)24-12-16-7-4-10-32-16/h1-7,10-11,13-14H,8-9,12H2,(H,23,30)(H,24,25,26). The highest BCUT2D eigenvalue weighted by Gasteiger charge is 2.14. The summed E-state index contributed by atoms with van der Waals surface area (Å²) >= 11 is 1.69. The van der Waals surface area contributed by atoms with E-state index in [9.17, 15) is 4.79 Å². The van der Waals surface area contributed by atoms with Gasteiger partial charge < -0.3 is 15.2 Å². The minimum absolute atomic E-state index is 0.233. The molecule has 0 fully saturated rings. The number of rotatable bonds is 8. The normalized spacial score (nSPS) is 11.0. The van der Waals surface area contributed by atoms with Crippen LogP contribution in [0.5, 0.6) is 0 Å². The molecule has 1 aromatic carbocycles. The molecule has 0 aliphatic heterocycles. The van der Waals surface area contributed by atoms with Gasteiger partial charge in [0.25, 0.3) is 5.91 Å². The Balaban J connectivity index is 1.21. The van der Waals surface area contributed by atoms with Crippen LogP contribution in [-0.4, -0.2) is 37.4 Å².